The smallest absolute Gasteiger partial charge is 0.329 e. The summed E-state index contributed by atoms with van der Waals surface area (Å²) in [6.07, 6.45) is 0.704. The standard InChI is InChI=1S/C60H91N11O11/c1-35(2)31-43-52(73)66-44(33-39-19-11-9-12-20-39)58(79)70-29-17-25-46(70)54(75)69-50(38(7)8)57(78)64-42(24-16-28-62)60(81)82-48(32-36(3)4)55(76)67-45(34-40-21-13-10-14-22-40)59(80)71-30-18-26-47(71)53(74)68-49(37(5)6)56(77)63-41(23-15-27-61)51(72)65-43/h9-14,19-22,35-38,41-50H,15-18,23-34,61-62H2,1-8H3,(H,63,77)(H,64,78)(H,65,72)(H,66,73)(H,67,76)(H,68,74)(H,69,75)/t41-,42-,43-,44+,45+,46-,47-,48-,49-,50-/m0/s1. The largest absolute Gasteiger partial charge is 0.451 e. The number of nitrogens with zero attached hydrogens (tertiary/aromatic N) is 2. The minimum atomic E-state index is -1.45. The van der Waals surface area contributed by atoms with Crippen LogP contribution in [0.25, 0.3) is 0 Å². The van der Waals surface area contributed by atoms with Gasteiger partial charge in [0.2, 0.25) is 47.3 Å². The van der Waals surface area contributed by atoms with Gasteiger partial charge in [0.25, 0.3) is 5.91 Å². The number of benzene rings is 2. The van der Waals surface area contributed by atoms with Gasteiger partial charge in [-0.3, -0.25) is 43.2 Å². The predicted octanol–water partition coefficient (Wildman–Crippen LogP) is 1.65. The van der Waals surface area contributed by atoms with Gasteiger partial charge in [0.05, 0.1) is 0 Å². The Morgan fingerprint density at radius 1 is 0.463 bits per heavy atom. The number of esters is 1. The molecule has 3 saturated heterocycles. The van der Waals surface area contributed by atoms with Crippen molar-refractivity contribution in [1.82, 2.24) is 47.0 Å². The molecule has 2 aromatic rings. The van der Waals surface area contributed by atoms with Crippen molar-refractivity contribution in [2.75, 3.05) is 26.2 Å². The van der Waals surface area contributed by atoms with E-state index in [0.29, 0.717) is 30.4 Å². The van der Waals surface area contributed by atoms with Gasteiger partial charge in [-0.2, -0.15) is 0 Å². The van der Waals surface area contributed by atoms with Gasteiger partial charge in [-0.1, -0.05) is 116 Å². The van der Waals surface area contributed by atoms with Crippen LogP contribution in [0.2, 0.25) is 0 Å². The minimum Gasteiger partial charge on any atom is -0.451 e. The number of hydrogen-bond acceptors (Lipinski definition) is 13. The first-order chi connectivity index (χ1) is 39.0. The Kier molecular flexibility index (Phi) is 25.7. The molecule has 0 aliphatic carbocycles. The molecule has 82 heavy (non-hydrogen) atoms. The van der Waals surface area contributed by atoms with E-state index in [4.69, 9.17) is 16.2 Å². The van der Waals surface area contributed by atoms with Crippen LogP contribution in [-0.2, 0) is 65.5 Å². The quantitative estimate of drug-likeness (QED) is 0.108. The van der Waals surface area contributed by atoms with Crippen LogP contribution in [0.1, 0.15) is 131 Å². The molecule has 0 unspecified atom stereocenters. The Morgan fingerprint density at radius 3 is 1.28 bits per heavy atom. The number of carbonyl (C=O) groups is 10. The first-order valence-electron chi connectivity index (χ1n) is 29.4. The van der Waals surface area contributed by atoms with Crippen LogP contribution >= 0.6 is 0 Å². The Balaban J connectivity index is 1.58. The van der Waals surface area contributed by atoms with Gasteiger partial charge in [0.1, 0.15) is 54.4 Å². The number of ether oxygens (including phenoxy) is 1. The third-order valence-electron chi connectivity index (χ3n) is 15.2. The molecule has 3 heterocycles. The monoisotopic (exact) mass is 1140 g/mol. The van der Waals surface area contributed by atoms with Gasteiger partial charge in [-0.25, -0.2) is 4.79 Å². The average molecular weight is 1140 g/mol. The number of amides is 9. The van der Waals surface area contributed by atoms with Crippen LogP contribution in [-0.4, -0.2) is 156 Å². The third kappa shape index (κ3) is 19.1. The van der Waals surface area contributed by atoms with Gasteiger partial charge in [-0.15, -0.1) is 0 Å². The van der Waals surface area contributed by atoms with Crippen molar-refractivity contribution in [2.45, 2.75) is 193 Å². The highest BCUT2D eigenvalue weighted by molar-refractivity contribution is 5.99. The Bertz CT molecular complexity index is 2330. The van der Waals surface area contributed by atoms with Gasteiger partial charge in [-0.05, 0) is 112 Å². The topological polar surface area (TPSA) is 323 Å². The minimum absolute atomic E-state index is 0.0000988. The first-order valence-corrected chi connectivity index (χ1v) is 29.4. The molecular weight excluding hydrogens is 1050 g/mol. The summed E-state index contributed by atoms with van der Waals surface area (Å²) in [6, 6.07) is 7.18. The summed E-state index contributed by atoms with van der Waals surface area (Å²) in [7, 11) is 0. The van der Waals surface area contributed by atoms with Crippen molar-refractivity contribution in [3.05, 3.63) is 71.8 Å². The Morgan fingerprint density at radius 2 is 0.854 bits per heavy atom. The fourth-order valence-corrected chi connectivity index (χ4v) is 10.7. The first kappa shape index (κ1) is 65.9. The molecule has 0 spiro atoms. The maximum Gasteiger partial charge on any atom is 0.329 e. The van der Waals surface area contributed by atoms with Crippen LogP contribution in [0.5, 0.6) is 0 Å². The second kappa shape index (κ2) is 32.0. The van der Waals surface area contributed by atoms with E-state index in [9.17, 15) is 47.9 Å². The lowest BCUT2D eigenvalue weighted by Crippen LogP contribution is -2.61. The fraction of sp³-hybridized carbons (Fsp3) is 0.633. The summed E-state index contributed by atoms with van der Waals surface area (Å²) in [4.78, 5) is 148. The zero-order valence-electron chi connectivity index (χ0n) is 49.2. The van der Waals surface area contributed by atoms with Gasteiger partial charge in [0.15, 0.2) is 6.10 Å². The van der Waals surface area contributed by atoms with Crippen LogP contribution in [0.15, 0.2) is 60.7 Å². The molecular formula is C60H91N11O11. The molecule has 9 amide bonds. The normalized spacial score (nSPS) is 26.6. The number of carbonyl (C=O) groups excluding carboxylic acids is 10. The molecule has 0 aromatic heterocycles. The fourth-order valence-electron chi connectivity index (χ4n) is 10.7. The number of nitrogens with two attached hydrogens (primary N) is 2. The number of nitrogens with one attached hydrogen (secondary N) is 7. The second-order valence-electron chi connectivity index (χ2n) is 23.6. The Labute approximate surface area is 483 Å². The van der Waals surface area contributed by atoms with Crippen LogP contribution in [0.4, 0.5) is 0 Å². The average Bonchev–Trinajstić information content (AvgIpc) is 4.16. The van der Waals surface area contributed by atoms with E-state index >= 15 is 0 Å². The Hall–Kier alpha value is -6.94. The number of rotatable bonds is 16. The second-order valence-corrected chi connectivity index (χ2v) is 23.6. The van der Waals surface area contributed by atoms with E-state index < -0.39 is 131 Å². The van der Waals surface area contributed by atoms with E-state index in [0.717, 1.165) is 0 Å². The molecule has 3 fully saturated rings. The molecule has 2 aromatic carbocycles. The summed E-state index contributed by atoms with van der Waals surface area (Å²) >= 11 is 0. The maximum atomic E-state index is 14.9. The molecule has 3 aliphatic heterocycles. The van der Waals surface area contributed by atoms with E-state index in [1.165, 1.54) is 9.80 Å². The van der Waals surface area contributed by atoms with Crippen LogP contribution < -0.4 is 48.7 Å². The highest BCUT2D eigenvalue weighted by Gasteiger charge is 2.43. The summed E-state index contributed by atoms with van der Waals surface area (Å²) in [5.41, 5.74) is 13.2. The zero-order chi connectivity index (χ0) is 60.2. The van der Waals surface area contributed by atoms with Crippen LogP contribution in [0.3, 0.4) is 0 Å². The molecule has 22 nitrogen and oxygen atoms in total. The molecule has 5 rings (SSSR count). The van der Waals surface area contributed by atoms with E-state index in [2.05, 4.69) is 37.2 Å². The third-order valence-corrected chi connectivity index (χ3v) is 15.2. The summed E-state index contributed by atoms with van der Waals surface area (Å²) in [5.74, 6) is -8.33. The SMILES string of the molecule is CC(C)C[C@@H]1NC(=O)[C@H](CCCN)NC(=O)[C@H](C(C)C)NC(=O)[C@@H]2CCCN2C(=O)[C@@H](Cc2ccccc2)NC(=O)[C@H](CC(C)C)OC(=O)[C@H](CCCN)NC(=O)[C@H](C(C)C)NC(=O)[C@@H]2CCCN2C(=O)[C@@H](Cc2ccccc2)NC1=O. The highest BCUT2D eigenvalue weighted by atomic mass is 16.5. The van der Waals surface area contributed by atoms with Crippen molar-refractivity contribution in [3.8, 4) is 0 Å². The molecule has 22 heteroatoms. The molecule has 3 aliphatic rings. The molecule has 0 radical (unpaired) electrons. The molecule has 452 valence electrons. The number of fused-ring (bicyclic) bond motifs is 2. The number of cyclic esters (lactones) is 1. The highest BCUT2D eigenvalue weighted by Crippen LogP contribution is 2.24. The van der Waals surface area contributed by atoms with Crippen molar-refractivity contribution in [1.29, 1.82) is 0 Å². The van der Waals surface area contributed by atoms with Crippen molar-refractivity contribution in [2.24, 2.45) is 35.1 Å². The zero-order valence-corrected chi connectivity index (χ0v) is 49.2. The van der Waals surface area contributed by atoms with Crippen molar-refractivity contribution >= 4 is 59.1 Å². The van der Waals surface area contributed by atoms with Gasteiger partial charge < -0.3 is 63.2 Å². The lowest BCUT2D eigenvalue weighted by molar-refractivity contribution is -0.160. The van der Waals surface area contributed by atoms with Crippen LogP contribution in [0, 0.1) is 23.7 Å². The van der Waals surface area contributed by atoms with E-state index in [1.54, 1.807) is 82.3 Å². The maximum absolute atomic E-state index is 14.9. The molecule has 0 bridgehead atoms. The lowest BCUT2D eigenvalue weighted by atomic mass is 9.99. The lowest BCUT2D eigenvalue weighted by Gasteiger charge is -2.32. The predicted molar refractivity (Wildman–Crippen MR) is 308 cm³/mol. The van der Waals surface area contributed by atoms with Gasteiger partial charge >= 0.3 is 5.97 Å². The van der Waals surface area contributed by atoms with Crippen molar-refractivity contribution in [3.63, 3.8) is 0 Å². The number of hydrogen-bond donors (Lipinski definition) is 9. The summed E-state index contributed by atoms with van der Waals surface area (Å²) in [5, 5.41) is 19.8. The summed E-state index contributed by atoms with van der Waals surface area (Å²) < 4.78 is 5.99. The molecule has 11 N–H and O–H groups in total. The van der Waals surface area contributed by atoms with Gasteiger partial charge in [0, 0.05) is 25.9 Å². The molecule has 10 atom stereocenters. The van der Waals surface area contributed by atoms with E-state index in [1.807, 2.05) is 33.8 Å². The summed E-state index contributed by atoms with van der Waals surface area (Å²) in [6.45, 7) is 14.9. The molecule has 0 saturated carbocycles. The van der Waals surface area contributed by atoms with E-state index in [-0.39, 0.29) is 95.8 Å². The van der Waals surface area contributed by atoms with Crippen molar-refractivity contribution < 1.29 is 52.7 Å².